The van der Waals surface area contributed by atoms with E-state index in [1.54, 1.807) is 0 Å². The Bertz CT molecular complexity index is 266. The van der Waals surface area contributed by atoms with Crippen molar-refractivity contribution in [2.45, 2.75) is 12.8 Å². The van der Waals surface area contributed by atoms with Gasteiger partial charge in [-0.2, -0.15) is 0 Å². The molecule has 0 amide bonds. The number of hydrogen-bond donors (Lipinski definition) is 0. The van der Waals surface area contributed by atoms with Crippen LogP contribution in [0.3, 0.4) is 0 Å². The van der Waals surface area contributed by atoms with Crippen LogP contribution in [0.1, 0.15) is 12.8 Å². The van der Waals surface area contributed by atoms with E-state index in [-0.39, 0.29) is 24.8 Å². The van der Waals surface area contributed by atoms with Gasteiger partial charge in [-0.15, -0.1) is 0 Å². The van der Waals surface area contributed by atoms with Crippen LogP contribution < -0.4 is 0 Å². The molecule has 0 aromatic carbocycles. The zero-order chi connectivity index (χ0) is 11.9. The van der Waals surface area contributed by atoms with Crippen LogP contribution in [0.2, 0.25) is 0 Å². The van der Waals surface area contributed by atoms with Crippen molar-refractivity contribution in [3.8, 4) is 0 Å². The molecule has 7 heteroatoms. The van der Waals surface area contributed by atoms with Crippen molar-refractivity contribution in [1.82, 2.24) is 0 Å². The first-order valence-corrected chi connectivity index (χ1v) is 5.99. The monoisotopic (exact) mass is 238 g/mol. The first-order valence-electron chi connectivity index (χ1n) is 4.26. The highest BCUT2D eigenvalue weighted by molar-refractivity contribution is 7.54. The van der Waals surface area contributed by atoms with Crippen LogP contribution >= 0.6 is 7.60 Å². The normalized spacial score (nSPS) is 11.1. The molecule has 0 aliphatic carbocycles. The van der Waals surface area contributed by atoms with Gasteiger partial charge in [0.05, 0.1) is 13.5 Å². The molecule has 0 spiro atoms. The Kier molecular flexibility index (Phi) is 6.40. The van der Waals surface area contributed by atoms with Crippen molar-refractivity contribution in [2.24, 2.45) is 0 Å². The Morgan fingerprint density at radius 1 is 1.07 bits per heavy atom. The van der Waals surface area contributed by atoms with Gasteiger partial charge in [0, 0.05) is 20.6 Å². The highest BCUT2D eigenvalue weighted by Crippen LogP contribution is 2.46. The lowest BCUT2D eigenvalue weighted by molar-refractivity contribution is -0.141. The second-order valence-corrected chi connectivity index (χ2v) is 5.02. The molecule has 0 saturated heterocycles. The van der Waals surface area contributed by atoms with Gasteiger partial charge >= 0.3 is 13.6 Å². The van der Waals surface area contributed by atoms with Gasteiger partial charge in [0.15, 0.2) is 0 Å². The van der Waals surface area contributed by atoms with Gasteiger partial charge in [0.2, 0.25) is 0 Å². The lowest BCUT2D eigenvalue weighted by Crippen LogP contribution is -2.10. The van der Waals surface area contributed by atoms with Crippen LogP contribution in [0.15, 0.2) is 0 Å². The summed E-state index contributed by atoms with van der Waals surface area (Å²) in [5.74, 6) is -0.833. The molecule has 0 aliphatic rings. The van der Waals surface area contributed by atoms with E-state index < -0.39 is 13.6 Å². The van der Waals surface area contributed by atoms with Crippen molar-refractivity contribution in [2.75, 3.05) is 27.5 Å². The lowest BCUT2D eigenvalue weighted by Gasteiger charge is -2.11. The van der Waals surface area contributed by atoms with Gasteiger partial charge in [-0.1, -0.05) is 0 Å². The second kappa shape index (κ2) is 6.71. The molecule has 0 heterocycles. The third-order valence-corrected chi connectivity index (χ3v) is 3.61. The molecule has 0 rings (SSSR count). The molecule has 6 nitrogen and oxygen atoms in total. The number of esters is 1. The van der Waals surface area contributed by atoms with Crippen LogP contribution in [-0.2, 0) is 27.9 Å². The summed E-state index contributed by atoms with van der Waals surface area (Å²) in [4.78, 5) is 22.0. The fourth-order valence-corrected chi connectivity index (χ4v) is 1.84. The molecule has 0 bridgehead atoms. The fraction of sp³-hybridized carbons (Fsp3) is 0.750. The SMILES string of the molecule is COC(=O)CCC(=O)CP(=O)(OC)OC. The summed E-state index contributed by atoms with van der Waals surface area (Å²) in [6, 6.07) is 0. The number of carbonyl (C=O) groups excluding carboxylic acids is 2. The summed E-state index contributed by atoms with van der Waals surface area (Å²) in [5.41, 5.74) is 0. The summed E-state index contributed by atoms with van der Waals surface area (Å²) in [6.45, 7) is 0. The summed E-state index contributed by atoms with van der Waals surface area (Å²) < 4.78 is 25.0. The molecule has 0 atom stereocenters. The number of ketones is 1. The number of hydrogen-bond acceptors (Lipinski definition) is 6. The zero-order valence-electron chi connectivity index (χ0n) is 9.02. The number of carbonyl (C=O) groups is 2. The second-order valence-electron chi connectivity index (χ2n) is 2.75. The van der Waals surface area contributed by atoms with E-state index in [0.29, 0.717) is 0 Å². The van der Waals surface area contributed by atoms with E-state index in [9.17, 15) is 14.2 Å². The molecule has 0 aromatic rings. The lowest BCUT2D eigenvalue weighted by atomic mass is 10.2. The summed E-state index contributed by atoms with van der Waals surface area (Å²) in [5, 5.41) is 0. The molecule has 0 aliphatic heterocycles. The third kappa shape index (κ3) is 5.67. The molecular formula is C8H15O6P. The Morgan fingerprint density at radius 2 is 1.60 bits per heavy atom. The molecule has 0 fully saturated rings. The molecule has 0 N–H and O–H groups in total. The van der Waals surface area contributed by atoms with E-state index in [1.807, 2.05) is 0 Å². The van der Waals surface area contributed by atoms with E-state index in [1.165, 1.54) is 21.3 Å². The van der Waals surface area contributed by atoms with Crippen LogP contribution in [0, 0.1) is 0 Å². The minimum Gasteiger partial charge on any atom is -0.469 e. The zero-order valence-corrected chi connectivity index (χ0v) is 9.91. The molecule has 0 unspecified atom stereocenters. The highest BCUT2D eigenvalue weighted by atomic mass is 31.2. The summed E-state index contributed by atoms with van der Waals surface area (Å²) in [6.07, 6.45) is -0.372. The average Bonchev–Trinajstić information content (AvgIpc) is 2.25. The van der Waals surface area contributed by atoms with E-state index in [4.69, 9.17) is 0 Å². The maximum atomic E-state index is 11.5. The Labute approximate surface area is 88.4 Å². The number of Topliss-reactive ketones (excluding diaryl/α,β-unsaturated/α-hetero) is 1. The molecule has 0 radical (unpaired) electrons. The van der Waals surface area contributed by atoms with E-state index in [2.05, 4.69) is 13.8 Å². The average molecular weight is 238 g/mol. The Morgan fingerprint density at radius 3 is 2.00 bits per heavy atom. The number of methoxy groups -OCH3 is 1. The van der Waals surface area contributed by atoms with Crippen LogP contribution in [-0.4, -0.2) is 39.2 Å². The molecule has 0 saturated carbocycles. The van der Waals surface area contributed by atoms with E-state index in [0.717, 1.165) is 0 Å². The van der Waals surface area contributed by atoms with Crippen molar-refractivity contribution >= 4 is 19.3 Å². The fourth-order valence-electron chi connectivity index (χ4n) is 0.842. The molecule has 88 valence electrons. The van der Waals surface area contributed by atoms with Gasteiger partial charge in [-0.3, -0.25) is 14.2 Å². The first kappa shape index (κ1) is 14.3. The number of ether oxygens (including phenoxy) is 1. The van der Waals surface area contributed by atoms with E-state index >= 15 is 0 Å². The third-order valence-electron chi connectivity index (χ3n) is 1.76. The predicted molar refractivity (Wildman–Crippen MR) is 52.7 cm³/mol. The summed E-state index contributed by atoms with van der Waals surface area (Å²) in [7, 11) is 0.343. The highest BCUT2D eigenvalue weighted by Gasteiger charge is 2.25. The largest absolute Gasteiger partial charge is 0.469 e. The number of rotatable bonds is 7. The van der Waals surface area contributed by atoms with Gasteiger partial charge in [0.1, 0.15) is 11.9 Å². The maximum Gasteiger partial charge on any atom is 0.337 e. The molecular weight excluding hydrogens is 223 g/mol. The van der Waals surface area contributed by atoms with Crippen LogP contribution in [0.5, 0.6) is 0 Å². The summed E-state index contributed by atoms with van der Waals surface area (Å²) >= 11 is 0. The smallest absolute Gasteiger partial charge is 0.337 e. The molecule has 0 aromatic heterocycles. The minimum absolute atomic E-state index is 0.0244. The predicted octanol–water partition coefficient (Wildman–Crippen LogP) is 0.995. The quantitative estimate of drug-likeness (QED) is 0.486. The Hall–Kier alpha value is -0.710. The Balaban J connectivity index is 4.03. The van der Waals surface area contributed by atoms with Crippen molar-refractivity contribution in [1.29, 1.82) is 0 Å². The van der Waals surface area contributed by atoms with Crippen molar-refractivity contribution in [3.63, 3.8) is 0 Å². The van der Waals surface area contributed by atoms with Crippen LogP contribution in [0.25, 0.3) is 0 Å². The standard InChI is InChI=1S/C8H15O6P/c1-12-8(10)5-4-7(9)6-15(11,13-2)14-3/h4-6H2,1-3H3. The minimum atomic E-state index is -3.31. The van der Waals surface area contributed by atoms with Crippen LogP contribution in [0.4, 0.5) is 0 Å². The van der Waals surface area contributed by atoms with Crippen molar-refractivity contribution in [3.05, 3.63) is 0 Å². The van der Waals surface area contributed by atoms with Gasteiger partial charge in [0.25, 0.3) is 0 Å². The van der Waals surface area contributed by atoms with Gasteiger partial charge in [-0.25, -0.2) is 0 Å². The van der Waals surface area contributed by atoms with Gasteiger partial charge < -0.3 is 13.8 Å². The topological polar surface area (TPSA) is 78.9 Å². The van der Waals surface area contributed by atoms with Crippen molar-refractivity contribution < 1.29 is 27.9 Å². The first-order chi connectivity index (χ1) is 6.97. The van der Waals surface area contributed by atoms with Gasteiger partial charge in [-0.05, 0) is 0 Å². The maximum absolute atomic E-state index is 11.5. The molecule has 15 heavy (non-hydrogen) atoms.